The molecule has 136 valence electrons. The van der Waals surface area contributed by atoms with E-state index in [9.17, 15) is 9.59 Å². The molecule has 4 atom stereocenters. The third kappa shape index (κ3) is 3.31. The van der Waals surface area contributed by atoms with E-state index in [0.717, 1.165) is 24.9 Å². The molecule has 0 bridgehead atoms. The lowest BCUT2D eigenvalue weighted by atomic mass is 9.72. The van der Waals surface area contributed by atoms with Gasteiger partial charge in [-0.05, 0) is 59.7 Å². The van der Waals surface area contributed by atoms with Crippen molar-refractivity contribution in [3.63, 3.8) is 0 Å². The maximum absolute atomic E-state index is 12.7. The summed E-state index contributed by atoms with van der Waals surface area (Å²) in [5.74, 6) is 0.945. The van der Waals surface area contributed by atoms with Gasteiger partial charge in [-0.2, -0.15) is 0 Å². The van der Waals surface area contributed by atoms with Gasteiger partial charge >= 0.3 is 0 Å². The molecule has 2 amide bonds. The first-order chi connectivity index (χ1) is 12.6. The first-order valence-electron chi connectivity index (χ1n) is 9.04. The highest BCUT2D eigenvalue weighted by Crippen LogP contribution is 2.35. The van der Waals surface area contributed by atoms with Crippen molar-refractivity contribution in [3.8, 4) is 5.69 Å². The number of aromatic nitrogens is 4. The van der Waals surface area contributed by atoms with Crippen molar-refractivity contribution < 1.29 is 9.59 Å². The SMILES string of the molecule is CC1CC(=O)NC2CC(NC(=O)c3cccc(-n4cnnn4)c3)CCC12. The Morgan fingerprint density at radius 1 is 1.35 bits per heavy atom. The average Bonchev–Trinajstić information content (AvgIpc) is 3.16. The quantitative estimate of drug-likeness (QED) is 0.859. The topological polar surface area (TPSA) is 102 Å². The summed E-state index contributed by atoms with van der Waals surface area (Å²) in [4.78, 5) is 24.5. The van der Waals surface area contributed by atoms with Gasteiger partial charge in [-0.15, -0.1) is 5.10 Å². The fraction of sp³-hybridized carbons (Fsp3) is 0.500. The van der Waals surface area contributed by atoms with E-state index >= 15 is 0 Å². The Balaban J connectivity index is 1.42. The van der Waals surface area contributed by atoms with Gasteiger partial charge in [-0.1, -0.05) is 13.0 Å². The Morgan fingerprint density at radius 3 is 3.04 bits per heavy atom. The summed E-state index contributed by atoms with van der Waals surface area (Å²) in [5, 5.41) is 17.3. The van der Waals surface area contributed by atoms with Crippen LogP contribution in [0, 0.1) is 11.8 Å². The van der Waals surface area contributed by atoms with Gasteiger partial charge in [0.25, 0.3) is 5.91 Å². The summed E-state index contributed by atoms with van der Waals surface area (Å²) in [6.45, 7) is 2.15. The molecule has 2 fully saturated rings. The molecule has 2 aliphatic rings. The summed E-state index contributed by atoms with van der Waals surface area (Å²) >= 11 is 0. The Labute approximate surface area is 151 Å². The smallest absolute Gasteiger partial charge is 0.251 e. The number of rotatable bonds is 3. The first kappa shape index (κ1) is 16.7. The van der Waals surface area contributed by atoms with Crippen LogP contribution >= 0.6 is 0 Å². The maximum Gasteiger partial charge on any atom is 0.251 e. The number of tetrazole rings is 1. The van der Waals surface area contributed by atoms with Crippen LogP contribution in [0.3, 0.4) is 0 Å². The Morgan fingerprint density at radius 2 is 2.23 bits per heavy atom. The molecule has 2 heterocycles. The van der Waals surface area contributed by atoms with E-state index in [4.69, 9.17) is 0 Å². The Kier molecular flexibility index (Phi) is 4.40. The molecule has 8 nitrogen and oxygen atoms in total. The van der Waals surface area contributed by atoms with Crippen LogP contribution in [0.15, 0.2) is 30.6 Å². The van der Waals surface area contributed by atoms with Gasteiger partial charge < -0.3 is 10.6 Å². The van der Waals surface area contributed by atoms with Gasteiger partial charge in [0.1, 0.15) is 6.33 Å². The second kappa shape index (κ2) is 6.86. The molecule has 26 heavy (non-hydrogen) atoms. The van der Waals surface area contributed by atoms with Crippen LogP contribution in [0.25, 0.3) is 5.69 Å². The van der Waals surface area contributed by atoms with E-state index in [1.54, 1.807) is 12.1 Å². The minimum atomic E-state index is -0.112. The van der Waals surface area contributed by atoms with Crippen molar-refractivity contribution in [1.82, 2.24) is 30.8 Å². The summed E-state index contributed by atoms with van der Waals surface area (Å²) in [7, 11) is 0. The van der Waals surface area contributed by atoms with E-state index in [2.05, 4.69) is 33.1 Å². The van der Waals surface area contributed by atoms with Crippen molar-refractivity contribution in [3.05, 3.63) is 36.2 Å². The van der Waals surface area contributed by atoms with Crippen molar-refractivity contribution in [2.24, 2.45) is 11.8 Å². The molecule has 1 saturated carbocycles. The lowest BCUT2D eigenvalue weighted by Gasteiger charge is -2.43. The largest absolute Gasteiger partial charge is 0.353 e. The number of hydrogen-bond acceptors (Lipinski definition) is 5. The second-order valence-corrected chi connectivity index (χ2v) is 7.31. The number of fused-ring (bicyclic) bond motifs is 1. The average molecular weight is 354 g/mol. The van der Waals surface area contributed by atoms with E-state index in [1.807, 2.05) is 12.1 Å². The Hall–Kier alpha value is -2.77. The highest BCUT2D eigenvalue weighted by atomic mass is 16.2. The van der Waals surface area contributed by atoms with Gasteiger partial charge in [0.2, 0.25) is 5.91 Å². The van der Waals surface area contributed by atoms with E-state index < -0.39 is 0 Å². The summed E-state index contributed by atoms with van der Waals surface area (Å²) < 4.78 is 1.51. The molecule has 1 aliphatic heterocycles. The molecular formula is C18H22N6O2. The lowest BCUT2D eigenvalue weighted by molar-refractivity contribution is -0.126. The Bertz CT molecular complexity index is 806. The number of carbonyl (C=O) groups excluding carboxylic acids is 2. The standard InChI is InChI=1S/C18H22N6O2/c1-11-7-17(25)21-16-9-13(5-6-15(11)16)20-18(26)12-3-2-4-14(8-12)24-10-19-22-23-24/h2-4,8,10-11,13,15-16H,5-7,9H2,1H3,(H,20,26)(H,21,25). The van der Waals surface area contributed by atoms with Gasteiger partial charge in [0.05, 0.1) is 5.69 Å². The third-order valence-corrected chi connectivity index (χ3v) is 5.55. The van der Waals surface area contributed by atoms with Crippen LogP contribution in [0.1, 0.15) is 43.0 Å². The van der Waals surface area contributed by atoms with Crippen molar-refractivity contribution >= 4 is 11.8 Å². The first-order valence-corrected chi connectivity index (χ1v) is 9.04. The molecule has 2 aromatic rings. The molecule has 1 saturated heterocycles. The minimum absolute atomic E-state index is 0.0750. The van der Waals surface area contributed by atoms with Gasteiger partial charge in [-0.3, -0.25) is 9.59 Å². The van der Waals surface area contributed by atoms with E-state index in [-0.39, 0.29) is 23.9 Å². The molecular weight excluding hydrogens is 332 g/mol. The third-order valence-electron chi connectivity index (χ3n) is 5.55. The fourth-order valence-electron chi connectivity index (χ4n) is 4.22. The van der Waals surface area contributed by atoms with Gasteiger partial charge in [-0.25, -0.2) is 4.68 Å². The predicted octanol–water partition coefficient (Wildman–Crippen LogP) is 1.09. The van der Waals surface area contributed by atoms with Crippen LogP contribution < -0.4 is 10.6 Å². The van der Waals surface area contributed by atoms with Crippen molar-refractivity contribution in [2.45, 2.75) is 44.7 Å². The zero-order chi connectivity index (χ0) is 18.1. The molecule has 4 rings (SSSR count). The molecule has 0 radical (unpaired) electrons. The van der Waals surface area contributed by atoms with Crippen LogP contribution in [0.4, 0.5) is 0 Å². The molecule has 4 unspecified atom stereocenters. The normalized spacial score (nSPS) is 28.1. The number of nitrogens with one attached hydrogen (secondary N) is 2. The van der Waals surface area contributed by atoms with E-state index in [0.29, 0.717) is 23.8 Å². The number of amides is 2. The van der Waals surface area contributed by atoms with Gasteiger partial charge in [0.15, 0.2) is 0 Å². The van der Waals surface area contributed by atoms with Crippen molar-refractivity contribution in [1.29, 1.82) is 0 Å². The summed E-state index contributed by atoms with van der Waals surface area (Å²) in [6.07, 6.45) is 4.87. The van der Waals surface area contributed by atoms with Gasteiger partial charge in [0, 0.05) is 24.1 Å². The second-order valence-electron chi connectivity index (χ2n) is 7.31. The van der Waals surface area contributed by atoms with Crippen LogP contribution in [0.2, 0.25) is 0 Å². The number of hydrogen-bond donors (Lipinski definition) is 2. The fourth-order valence-corrected chi connectivity index (χ4v) is 4.22. The van der Waals surface area contributed by atoms with Crippen LogP contribution in [-0.4, -0.2) is 44.1 Å². The molecule has 2 N–H and O–H groups in total. The minimum Gasteiger partial charge on any atom is -0.353 e. The molecule has 0 spiro atoms. The zero-order valence-electron chi connectivity index (χ0n) is 14.6. The summed E-state index contributed by atoms with van der Waals surface area (Å²) in [6, 6.07) is 7.44. The predicted molar refractivity (Wildman–Crippen MR) is 93.5 cm³/mol. The lowest BCUT2D eigenvalue weighted by Crippen LogP contribution is -2.54. The maximum atomic E-state index is 12.7. The molecule has 1 aliphatic carbocycles. The van der Waals surface area contributed by atoms with Crippen molar-refractivity contribution in [2.75, 3.05) is 0 Å². The number of nitrogens with zero attached hydrogens (tertiary/aromatic N) is 4. The monoisotopic (exact) mass is 354 g/mol. The zero-order valence-corrected chi connectivity index (χ0v) is 14.6. The summed E-state index contributed by atoms with van der Waals surface area (Å²) in [5.41, 5.74) is 1.31. The molecule has 8 heteroatoms. The van der Waals surface area contributed by atoms with Crippen LogP contribution in [0.5, 0.6) is 0 Å². The molecule has 1 aromatic heterocycles. The van der Waals surface area contributed by atoms with E-state index in [1.165, 1.54) is 11.0 Å². The number of benzene rings is 1. The highest BCUT2D eigenvalue weighted by Gasteiger charge is 2.39. The number of piperidine rings is 1. The number of carbonyl (C=O) groups is 2. The molecule has 1 aromatic carbocycles. The highest BCUT2D eigenvalue weighted by molar-refractivity contribution is 5.94. The van der Waals surface area contributed by atoms with Crippen LogP contribution in [-0.2, 0) is 4.79 Å².